The lowest BCUT2D eigenvalue weighted by atomic mass is 10.1. The number of amides is 1. The van der Waals surface area contributed by atoms with E-state index in [1.165, 1.54) is 7.11 Å². The number of hydrogen-bond acceptors (Lipinski definition) is 4. The maximum Gasteiger partial charge on any atom is 0.337 e. The summed E-state index contributed by atoms with van der Waals surface area (Å²) in [6, 6.07) is 5.31. The predicted molar refractivity (Wildman–Crippen MR) is 75.6 cm³/mol. The molecule has 0 radical (unpaired) electrons. The number of hydrogen-bond donors (Lipinski definition) is 2. The normalized spacial score (nSPS) is 10.2. The highest BCUT2D eigenvalue weighted by Gasteiger charge is 2.08. The van der Waals surface area contributed by atoms with Gasteiger partial charge in [-0.2, -0.15) is 0 Å². The molecule has 0 saturated carbocycles. The van der Waals surface area contributed by atoms with Crippen molar-refractivity contribution in [3.63, 3.8) is 0 Å². The van der Waals surface area contributed by atoms with E-state index < -0.39 is 0 Å². The van der Waals surface area contributed by atoms with Gasteiger partial charge in [-0.3, -0.25) is 4.79 Å². The van der Waals surface area contributed by atoms with Crippen molar-refractivity contribution in [2.45, 2.75) is 19.4 Å². The molecule has 0 atom stereocenters. The van der Waals surface area contributed by atoms with Crippen molar-refractivity contribution in [1.82, 2.24) is 5.32 Å². The number of halogens is 1. The summed E-state index contributed by atoms with van der Waals surface area (Å²) in [5, 5.41) is 3.21. The molecule has 0 spiro atoms. The largest absolute Gasteiger partial charge is 0.465 e. The zero-order valence-electron chi connectivity index (χ0n) is 10.7. The van der Waals surface area contributed by atoms with Crippen LogP contribution in [0, 0.1) is 0 Å². The van der Waals surface area contributed by atoms with Crippen molar-refractivity contribution in [3.8, 4) is 0 Å². The van der Waals surface area contributed by atoms with Gasteiger partial charge >= 0.3 is 5.97 Å². The summed E-state index contributed by atoms with van der Waals surface area (Å²) in [4.78, 5) is 21.9. The van der Waals surface area contributed by atoms with Crippen LogP contribution in [0.5, 0.6) is 0 Å². The average Bonchev–Trinajstić information content (AvgIpc) is 2.38. The summed E-state index contributed by atoms with van der Waals surface area (Å²) in [7, 11) is 1.35. The molecule has 1 aromatic rings. The number of ether oxygens (including phenoxy) is 1. The van der Waals surface area contributed by atoms with Crippen molar-refractivity contribution in [2.24, 2.45) is 5.73 Å². The highest BCUT2D eigenvalue weighted by Crippen LogP contribution is 2.19. The van der Waals surface area contributed by atoms with Crippen LogP contribution in [0.2, 0.25) is 0 Å². The van der Waals surface area contributed by atoms with Gasteiger partial charge in [-0.1, -0.05) is 22.0 Å². The highest BCUT2D eigenvalue weighted by atomic mass is 79.9. The SMILES string of the molecule is COC(=O)c1ccc(CNCCCC(N)=O)c(Br)c1. The van der Waals surface area contributed by atoms with Crippen molar-refractivity contribution < 1.29 is 14.3 Å². The minimum absolute atomic E-state index is 0.287. The molecule has 1 amide bonds. The van der Waals surface area contributed by atoms with Crippen LogP contribution in [0.15, 0.2) is 22.7 Å². The second kappa shape index (κ2) is 7.91. The molecule has 0 aliphatic heterocycles. The first-order chi connectivity index (χ1) is 9.04. The Morgan fingerprint density at radius 3 is 2.74 bits per heavy atom. The van der Waals surface area contributed by atoms with E-state index in [0.29, 0.717) is 31.5 Å². The fourth-order valence-corrected chi connectivity index (χ4v) is 2.07. The van der Waals surface area contributed by atoms with Crippen LogP contribution in [0.3, 0.4) is 0 Å². The summed E-state index contributed by atoms with van der Waals surface area (Å²) in [6.45, 7) is 1.37. The second-order valence-corrected chi connectivity index (χ2v) is 4.90. The molecule has 0 bridgehead atoms. The van der Waals surface area contributed by atoms with Gasteiger partial charge in [0.05, 0.1) is 12.7 Å². The van der Waals surface area contributed by atoms with Crippen molar-refractivity contribution in [2.75, 3.05) is 13.7 Å². The summed E-state index contributed by atoms with van der Waals surface area (Å²) < 4.78 is 5.49. The summed E-state index contributed by atoms with van der Waals surface area (Å²) >= 11 is 3.42. The Morgan fingerprint density at radius 2 is 2.16 bits per heavy atom. The summed E-state index contributed by atoms with van der Waals surface area (Å²) in [5.74, 6) is -0.646. The minimum Gasteiger partial charge on any atom is -0.465 e. The molecule has 1 aromatic carbocycles. The molecule has 0 heterocycles. The second-order valence-electron chi connectivity index (χ2n) is 4.04. The van der Waals surface area contributed by atoms with Gasteiger partial charge in [-0.25, -0.2) is 4.79 Å². The number of primary amides is 1. The quantitative estimate of drug-likeness (QED) is 0.588. The van der Waals surface area contributed by atoms with Crippen LogP contribution in [0.1, 0.15) is 28.8 Å². The van der Waals surface area contributed by atoms with Crippen molar-refractivity contribution >= 4 is 27.8 Å². The number of carbonyl (C=O) groups is 2. The van der Waals surface area contributed by atoms with E-state index in [9.17, 15) is 9.59 Å². The monoisotopic (exact) mass is 328 g/mol. The fourth-order valence-electron chi connectivity index (χ4n) is 1.55. The number of nitrogens with one attached hydrogen (secondary N) is 1. The lowest BCUT2D eigenvalue weighted by Crippen LogP contribution is -2.18. The smallest absolute Gasteiger partial charge is 0.337 e. The molecule has 0 aliphatic carbocycles. The van der Waals surface area contributed by atoms with Gasteiger partial charge in [-0.15, -0.1) is 0 Å². The molecule has 0 fully saturated rings. The molecular formula is C13H17BrN2O3. The number of esters is 1. The third-order valence-corrected chi connectivity index (χ3v) is 3.30. The Hall–Kier alpha value is -1.40. The zero-order chi connectivity index (χ0) is 14.3. The Bertz CT molecular complexity index is 463. The standard InChI is InChI=1S/C13H17BrN2O3/c1-19-13(18)9-4-5-10(11(14)7-9)8-16-6-2-3-12(15)17/h4-5,7,16H,2-3,6,8H2,1H3,(H2,15,17). The molecule has 5 nitrogen and oxygen atoms in total. The molecule has 104 valence electrons. The van der Waals surface area contributed by atoms with Gasteiger partial charge < -0.3 is 15.8 Å². The van der Waals surface area contributed by atoms with Crippen LogP contribution >= 0.6 is 15.9 Å². The van der Waals surface area contributed by atoms with Crippen LogP contribution in [-0.4, -0.2) is 25.5 Å². The van der Waals surface area contributed by atoms with E-state index in [2.05, 4.69) is 26.0 Å². The zero-order valence-corrected chi connectivity index (χ0v) is 12.3. The van der Waals surface area contributed by atoms with Gasteiger partial charge in [0.15, 0.2) is 0 Å². The topological polar surface area (TPSA) is 81.4 Å². The number of rotatable bonds is 7. The molecule has 0 aromatic heterocycles. The molecule has 0 aliphatic rings. The van der Waals surface area contributed by atoms with Gasteiger partial charge in [-0.05, 0) is 30.7 Å². The van der Waals surface area contributed by atoms with E-state index in [4.69, 9.17) is 5.73 Å². The molecule has 6 heteroatoms. The van der Waals surface area contributed by atoms with Gasteiger partial charge in [0.2, 0.25) is 5.91 Å². The first-order valence-electron chi connectivity index (χ1n) is 5.90. The first kappa shape index (κ1) is 15.7. The molecule has 0 saturated heterocycles. The number of methoxy groups -OCH3 is 1. The van der Waals surface area contributed by atoms with E-state index in [1.807, 2.05) is 6.07 Å². The Balaban J connectivity index is 2.46. The van der Waals surface area contributed by atoms with Crippen molar-refractivity contribution in [1.29, 1.82) is 0 Å². The van der Waals surface area contributed by atoms with Gasteiger partial charge in [0.1, 0.15) is 0 Å². The van der Waals surface area contributed by atoms with E-state index in [0.717, 1.165) is 10.0 Å². The van der Waals surface area contributed by atoms with E-state index >= 15 is 0 Å². The molecular weight excluding hydrogens is 312 g/mol. The summed E-state index contributed by atoms with van der Waals surface area (Å²) in [6.07, 6.45) is 1.10. The maximum atomic E-state index is 11.3. The highest BCUT2D eigenvalue weighted by molar-refractivity contribution is 9.10. The van der Waals surface area contributed by atoms with Crippen LogP contribution in [0.25, 0.3) is 0 Å². The Kier molecular flexibility index (Phi) is 6.52. The molecule has 1 rings (SSSR count). The third kappa shape index (κ3) is 5.40. The lowest BCUT2D eigenvalue weighted by molar-refractivity contribution is -0.118. The average molecular weight is 329 g/mol. The molecule has 0 unspecified atom stereocenters. The first-order valence-corrected chi connectivity index (χ1v) is 6.69. The van der Waals surface area contributed by atoms with Crippen LogP contribution in [0.4, 0.5) is 0 Å². The maximum absolute atomic E-state index is 11.3. The number of carbonyl (C=O) groups excluding carboxylic acids is 2. The Morgan fingerprint density at radius 1 is 1.42 bits per heavy atom. The van der Waals surface area contributed by atoms with Gasteiger partial charge in [0, 0.05) is 17.4 Å². The number of benzene rings is 1. The van der Waals surface area contributed by atoms with Crippen LogP contribution in [-0.2, 0) is 16.1 Å². The summed E-state index contributed by atoms with van der Waals surface area (Å²) in [5.41, 5.74) is 6.59. The van der Waals surface area contributed by atoms with Gasteiger partial charge in [0.25, 0.3) is 0 Å². The fraction of sp³-hybridized carbons (Fsp3) is 0.385. The third-order valence-electron chi connectivity index (χ3n) is 2.57. The predicted octanol–water partition coefficient (Wildman–Crippen LogP) is 1.59. The molecule has 3 N–H and O–H groups in total. The minimum atomic E-state index is -0.360. The van der Waals surface area contributed by atoms with Crippen LogP contribution < -0.4 is 11.1 Å². The lowest BCUT2D eigenvalue weighted by Gasteiger charge is -2.08. The number of nitrogens with two attached hydrogens (primary N) is 1. The Labute approximate surface area is 120 Å². The molecule has 19 heavy (non-hydrogen) atoms. The van der Waals surface area contributed by atoms with E-state index in [-0.39, 0.29) is 11.9 Å². The van der Waals surface area contributed by atoms with Crippen molar-refractivity contribution in [3.05, 3.63) is 33.8 Å². The van der Waals surface area contributed by atoms with E-state index in [1.54, 1.807) is 12.1 Å².